The van der Waals surface area contributed by atoms with Gasteiger partial charge in [-0.3, -0.25) is 0 Å². The molecule has 0 saturated carbocycles. The lowest BCUT2D eigenvalue weighted by Gasteiger charge is -2.05. The van der Waals surface area contributed by atoms with E-state index in [4.69, 9.17) is 0 Å². The fourth-order valence-electron chi connectivity index (χ4n) is 0.226. The summed E-state index contributed by atoms with van der Waals surface area (Å²) in [5.41, 5.74) is 0. The van der Waals surface area contributed by atoms with Crippen LogP contribution in [0.1, 0.15) is 0 Å². The van der Waals surface area contributed by atoms with Gasteiger partial charge in [0.25, 0.3) is 0 Å². The normalized spacial score (nSPS) is 10.9. The predicted molar refractivity (Wildman–Crippen MR) is 35.1 cm³/mol. The summed E-state index contributed by atoms with van der Waals surface area (Å²) in [5.74, 6) is -1.11. The molecule has 0 rings (SSSR count). The molecular weight excluding hydrogens is 229 g/mol. The van der Waals surface area contributed by atoms with E-state index in [1.54, 1.807) is 0 Å². The number of halogens is 4. The molecule has 0 aliphatic carbocycles. The van der Waals surface area contributed by atoms with E-state index in [2.05, 4.69) is 27.2 Å². The van der Waals surface area contributed by atoms with Gasteiger partial charge in [0, 0.05) is 0 Å². The quantitative estimate of drug-likeness (QED) is 0.538. The van der Waals surface area contributed by atoms with Gasteiger partial charge in [0.1, 0.15) is 0 Å². The topological polar surface area (TPSA) is 26.3 Å². The lowest BCUT2D eigenvalue weighted by atomic mass is 10.6. The molecular formula is C5H4BrF3O2. The zero-order valence-corrected chi connectivity index (χ0v) is 6.83. The summed E-state index contributed by atoms with van der Waals surface area (Å²) in [5, 5.41) is 0. The molecule has 0 spiro atoms. The van der Waals surface area contributed by atoms with Gasteiger partial charge in [-0.05, 0) is 15.9 Å². The molecule has 0 amide bonds. The molecule has 0 radical (unpaired) electrons. The minimum absolute atomic E-state index is 0.234. The molecule has 64 valence electrons. The molecule has 0 unspecified atom stereocenters. The Balaban J connectivity index is 3.73. The fourth-order valence-corrected chi connectivity index (χ4v) is 0.340. The molecule has 0 aromatic heterocycles. The highest BCUT2D eigenvalue weighted by atomic mass is 79.9. The highest BCUT2D eigenvalue weighted by Crippen LogP contribution is 2.15. The highest BCUT2D eigenvalue weighted by Gasteiger charge is 2.29. The van der Waals surface area contributed by atoms with Crippen molar-refractivity contribution in [3.63, 3.8) is 0 Å². The molecule has 0 bridgehead atoms. The van der Waals surface area contributed by atoms with Crippen LogP contribution < -0.4 is 0 Å². The van der Waals surface area contributed by atoms with Crippen molar-refractivity contribution in [2.24, 2.45) is 0 Å². The van der Waals surface area contributed by atoms with E-state index in [1.807, 2.05) is 0 Å². The molecule has 2 nitrogen and oxygen atoms in total. The van der Waals surface area contributed by atoms with E-state index in [0.717, 1.165) is 0 Å². The number of carbonyl (C=O) groups excluding carboxylic acids is 1. The molecule has 0 heterocycles. The van der Waals surface area contributed by atoms with Crippen LogP contribution in [-0.2, 0) is 9.53 Å². The zero-order valence-electron chi connectivity index (χ0n) is 5.24. The second-order valence-corrected chi connectivity index (χ2v) is 2.55. The lowest BCUT2D eigenvalue weighted by Crippen LogP contribution is -2.20. The summed E-state index contributed by atoms with van der Waals surface area (Å²) in [6.45, 7) is 1.44. The molecule has 6 heteroatoms. The lowest BCUT2D eigenvalue weighted by molar-refractivity contribution is -0.182. The Hall–Kier alpha value is -0.520. The van der Waals surface area contributed by atoms with Crippen molar-refractivity contribution in [2.45, 2.75) is 6.18 Å². The van der Waals surface area contributed by atoms with Crippen LogP contribution >= 0.6 is 15.9 Å². The van der Waals surface area contributed by atoms with Crippen molar-refractivity contribution in [2.75, 3.05) is 6.61 Å². The van der Waals surface area contributed by atoms with Crippen LogP contribution in [0.25, 0.3) is 0 Å². The average Bonchev–Trinajstić information content (AvgIpc) is 1.80. The zero-order chi connectivity index (χ0) is 9.07. The van der Waals surface area contributed by atoms with E-state index in [0.29, 0.717) is 0 Å². The summed E-state index contributed by atoms with van der Waals surface area (Å²) >= 11 is 2.57. The van der Waals surface area contributed by atoms with Crippen molar-refractivity contribution in [3.8, 4) is 0 Å². The van der Waals surface area contributed by atoms with Crippen LogP contribution in [0.5, 0.6) is 0 Å². The van der Waals surface area contributed by atoms with E-state index in [-0.39, 0.29) is 4.48 Å². The van der Waals surface area contributed by atoms with Gasteiger partial charge in [-0.2, -0.15) is 13.2 Å². The maximum absolute atomic E-state index is 11.4. The first-order valence-electron chi connectivity index (χ1n) is 2.41. The smallest absolute Gasteiger partial charge is 0.422 e. The van der Waals surface area contributed by atoms with Gasteiger partial charge in [0.2, 0.25) is 0 Å². The maximum atomic E-state index is 11.4. The maximum Gasteiger partial charge on any atom is 0.422 e. The van der Waals surface area contributed by atoms with Gasteiger partial charge in [-0.15, -0.1) is 0 Å². The second-order valence-electron chi connectivity index (χ2n) is 1.60. The second kappa shape index (κ2) is 3.75. The number of ether oxygens (including phenoxy) is 1. The van der Waals surface area contributed by atoms with Crippen LogP contribution in [-0.4, -0.2) is 18.8 Å². The van der Waals surface area contributed by atoms with Crippen molar-refractivity contribution in [1.29, 1.82) is 0 Å². The van der Waals surface area contributed by atoms with Gasteiger partial charge < -0.3 is 4.74 Å². The number of alkyl halides is 3. The van der Waals surface area contributed by atoms with Crippen molar-refractivity contribution < 1.29 is 22.7 Å². The van der Waals surface area contributed by atoms with E-state index in [9.17, 15) is 18.0 Å². The summed E-state index contributed by atoms with van der Waals surface area (Å²) in [6.07, 6.45) is -4.49. The third-order valence-corrected chi connectivity index (χ3v) is 0.912. The number of esters is 1. The van der Waals surface area contributed by atoms with Crippen molar-refractivity contribution >= 4 is 21.9 Å². The molecule has 0 aromatic carbocycles. The third kappa shape index (κ3) is 5.90. The SMILES string of the molecule is C=C(Br)C(=O)OCC(F)(F)F. The first-order chi connectivity index (χ1) is 4.83. The summed E-state index contributed by atoms with van der Waals surface area (Å²) in [6, 6.07) is 0. The molecule has 0 N–H and O–H groups in total. The third-order valence-electron chi connectivity index (χ3n) is 0.588. The van der Waals surface area contributed by atoms with Gasteiger partial charge in [-0.1, -0.05) is 6.58 Å². The number of hydrogen-bond acceptors (Lipinski definition) is 2. The molecule has 0 aliphatic rings. The molecule has 0 fully saturated rings. The predicted octanol–water partition coefficient (Wildman–Crippen LogP) is 2.00. The van der Waals surface area contributed by atoms with Crippen LogP contribution in [0.2, 0.25) is 0 Å². The Morgan fingerprint density at radius 3 is 2.27 bits per heavy atom. The molecule has 0 atom stereocenters. The number of carbonyl (C=O) groups is 1. The average molecular weight is 233 g/mol. The Labute approximate surface area is 69.1 Å². The van der Waals surface area contributed by atoms with Crippen molar-refractivity contribution in [3.05, 3.63) is 11.1 Å². The molecule has 11 heavy (non-hydrogen) atoms. The highest BCUT2D eigenvalue weighted by molar-refractivity contribution is 9.12. The molecule has 0 saturated heterocycles. The van der Waals surface area contributed by atoms with Gasteiger partial charge in [0.05, 0.1) is 4.48 Å². The minimum atomic E-state index is -4.49. The standard InChI is InChI=1S/C5H4BrF3O2/c1-3(6)4(10)11-2-5(7,8)9/h1-2H2. The van der Waals surface area contributed by atoms with Crippen LogP contribution in [0.3, 0.4) is 0 Å². The summed E-state index contributed by atoms with van der Waals surface area (Å²) in [4.78, 5) is 10.3. The largest absolute Gasteiger partial charge is 0.452 e. The Morgan fingerprint density at radius 2 is 2.00 bits per heavy atom. The fraction of sp³-hybridized carbons (Fsp3) is 0.400. The minimum Gasteiger partial charge on any atom is -0.452 e. The van der Waals surface area contributed by atoms with Crippen LogP contribution in [0, 0.1) is 0 Å². The molecule has 0 aliphatic heterocycles. The van der Waals surface area contributed by atoms with Crippen LogP contribution in [0.15, 0.2) is 11.1 Å². The van der Waals surface area contributed by atoms with Crippen LogP contribution in [0.4, 0.5) is 13.2 Å². The number of rotatable bonds is 2. The van der Waals surface area contributed by atoms with E-state index < -0.39 is 18.8 Å². The first kappa shape index (κ1) is 10.5. The van der Waals surface area contributed by atoms with Gasteiger partial charge in [0.15, 0.2) is 6.61 Å². The monoisotopic (exact) mass is 232 g/mol. The Morgan fingerprint density at radius 1 is 1.55 bits per heavy atom. The van der Waals surface area contributed by atoms with Gasteiger partial charge >= 0.3 is 12.1 Å². The Bertz CT molecular complexity index is 175. The van der Waals surface area contributed by atoms with Crippen molar-refractivity contribution in [1.82, 2.24) is 0 Å². The summed E-state index contributed by atoms with van der Waals surface area (Å²) in [7, 11) is 0. The molecule has 0 aromatic rings. The summed E-state index contributed by atoms with van der Waals surface area (Å²) < 4.78 is 37.6. The van der Waals surface area contributed by atoms with E-state index in [1.165, 1.54) is 0 Å². The van der Waals surface area contributed by atoms with E-state index >= 15 is 0 Å². The van der Waals surface area contributed by atoms with Gasteiger partial charge in [-0.25, -0.2) is 4.79 Å². The first-order valence-corrected chi connectivity index (χ1v) is 3.20. The number of hydrogen-bond donors (Lipinski definition) is 0. The Kier molecular flexibility index (Phi) is 3.57.